The summed E-state index contributed by atoms with van der Waals surface area (Å²) < 4.78 is 0. The second-order valence-electron chi connectivity index (χ2n) is 5.78. The molecule has 2 aromatic carbocycles. The van der Waals surface area contributed by atoms with E-state index in [1.54, 1.807) is 19.3 Å². The lowest BCUT2D eigenvalue weighted by Crippen LogP contribution is -2.14. The molecule has 3 heteroatoms. The molecule has 1 saturated carbocycles. The number of hydrogen-bond acceptors (Lipinski definition) is 2. The molecule has 23 heavy (non-hydrogen) atoms. The zero-order valence-electron chi connectivity index (χ0n) is 13.2. The van der Waals surface area contributed by atoms with E-state index >= 15 is 0 Å². The Kier molecular flexibility index (Phi) is 4.38. The molecular formula is C20H20N2O. The number of benzene rings is 2. The standard InChI is InChI=1S/C20H20N2O/c1-3-14-11-17(10-9-16(14)13-21-2)22-20(23)19-12-18(19)15-7-5-4-6-8-15/h3-11,13,18-19H,1,12H2,2H3,(H,22,23)/t18-,19+/m0/s1. The van der Waals surface area contributed by atoms with Crippen molar-refractivity contribution in [3.63, 3.8) is 0 Å². The summed E-state index contributed by atoms with van der Waals surface area (Å²) in [4.78, 5) is 16.4. The molecule has 1 aliphatic rings. The number of hydrogen-bond donors (Lipinski definition) is 1. The first-order valence-electron chi connectivity index (χ1n) is 7.77. The van der Waals surface area contributed by atoms with Crippen LogP contribution in [0.15, 0.2) is 60.1 Å². The van der Waals surface area contributed by atoms with Crippen LogP contribution in [0.5, 0.6) is 0 Å². The molecule has 1 fully saturated rings. The topological polar surface area (TPSA) is 41.5 Å². The minimum absolute atomic E-state index is 0.0708. The zero-order chi connectivity index (χ0) is 16.2. The Morgan fingerprint density at radius 3 is 2.70 bits per heavy atom. The van der Waals surface area contributed by atoms with Gasteiger partial charge >= 0.3 is 0 Å². The quantitative estimate of drug-likeness (QED) is 0.829. The minimum Gasteiger partial charge on any atom is -0.326 e. The monoisotopic (exact) mass is 304 g/mol. The van der Waals surface area contributed by atoms with Gasteiger partial charge in [0, 0.05) is 24.9 Å². The van der Waals surface area contributed by atoms with Gasteiger partial charge in [0.1, 0.15) is 0 Å². The molecule has 0 unspecified atom stereocenters. The molecule has 1 aliphatic carbocycles. The summed E-state index contributed by atoms with van der Waals surface area (Å²) in [6, 6.07) is 16.0. The first-order valence-corrected chi connectivity index (χ1v) is 7.77. The molecule has 0 radical (unpaired) electrons. The highest BCUT2D eigenvalue weighted by molar-refractivity contribution is 5.96. The van der Waals surface area contributed by atoms with Gasteiger partial charge in [0.05, 0.1) is 0 Å². The van der Waals surface area contributed by atoms with Crippen LogP contribution in [0.4, 0.5) is 5.69 Å². The molecule has 1 amide bonds. The lowest BCUT2D eigenvalue weighted by Gasteiger charge is -2.08. The summed E-state index contributed by atoms with van der Waals surface area (Å²) in [6.45, 7) is 3.82. The molecule has 1 N–H and O–H groups in total. The predicted octanol–water partition coefficient (Wildman–Crippen LogP) is 4.12. The van der Waals surface area contributed by atoms with Gasteiger partial charge < -0.3 is 5.32 Å². The predicted molar refractivity (Wildman–Crippen MR) is 96.0 cm³/mol. The van der Waals surface area contributed by atoms with E-state index in [1.807, 2.05) is 36.4 Å². The second kappa shape index (κ2) is 6.61. The summed E-state index contributed by atoms with van der Waals surface area (Å²) in [6.07, 6.45) is 4.48. The van der Waals surface area contributed by atoms with Crippen molar-refractivity contribution in [1.29, 1.82) is 0 Å². The summed E-state index contributed by atoms with van der Waals surface area (Å²) in [5.41, 5.74) is 4.00. The fourth-order valence-electron chi connectivity index (χ4n) is 2.87. The highest BCUT2D eigenvalue weighted by Gasteiger charge is 2.43. The summed E-state index contributed by atoms with van der Waals surface area (Å²) >= 11 is 0. The van der Waals surface area contributed by atoms with Crippen LogP contribution in [0.3, 0.4) is 0 Å². The van der Waals surface area contributed by atoms with E-state index < -0.39 is 0 Å². The molecule has 0 aromatic heterocycles. The molecule has 2 atom stereocenters. The van der Waals surface area contributed by atoms with Crippen molar-refractivity contribution in [1.82, 2.24) is 0 Å². The maximum atomic E-state index is 12.4. The van der Waals surface area contributed by atoms with E-state index in [2.05, 4.69) is 29.0 Å². The van der Waals surface area contributed by atoms with E-state index in [1.165, 1.54) is 5.56 Å². The van der Waals surface area contributed by atoms with Gasteiger partial charge in [-0.3, -0.25) is 9.79 Å². The van der Waals surface area contributed by atoms with Crippen LogP contribution in [0.2, 0.25) is 0 Å². The maximum Gasteiger partial charge on any atom is 0.228 e. The van der Waals surface area contributed by atoms with Gasteiger partial charge in [-0.05, 0) is 41.2 Å². The number of aliphatic imine (C=N–C) groups is 1. The van der Waals surface area contributed by atoms with Crippen LogP contribution in [0, 0.1) is 5.92 Å². The van der Waals surface area contributed by atoms with Gasteiger partial charge in [0.2, 0.25) is 5.91 Å². The molecule has 0 bridgehead atoms. The number of carbonyl (C=O) groups is 1. The van der Waals surface area contributed by atoms with Gasteiger partial charge in [-0.25, -0.2) is 0 Å². The van der Waals surface area contributed by atoms with E-state index in [0.717, 1.165) is 23.2 Å². The molecule has 3 rings (SSSR count). The van der Waals surface area contributed by atoms with Gasteiger partial charge in [-0.15, -0.1) is 0 Å². The van der Waals surface area contributed by atoms with Gasteiger partial charge in [-0.2, -0.15) is 0 Å². The molecule has 0 aliphatic heterocycles. The van der Waals surface area contributed by atoms with Crippen LogP contribution in [-0.2, 0) is 4.79 Å². The number of carbonyl (C=O) groups excluding carboxylic acids is 1. The third-order valence-corrected chi connectivity index (χ3v) is 4.20. The molecular weight excluding hydrogens is 284 g/mol. The minimum atomic E-state index is 0.0708. The van der Waals surface area contributed by atoms with Gasteiger partial charge in [-0.1, -0.05) is 49.1 Å². The van der Waals surface area contributed by atoms with Crippen molar-refractivity contribution < 1.29 is 4.79 Å². The number of nitrogens with one attached hydrogen (secondary N) is 1. The Hall–Kier alpha value is -2.68. The normalized spacial score (nSPS) is 19.5. The second-order valence-corrected chi connectivity index (χ2v) is 5.78. The Morgan fingerprint density at radius 2 is 2.00 bits per heavy atom. The van der Waals surface area contributed by atoms with Crippen LogP contribution in [-0.4, -0.2) is 19.2 Å². The Bertz CT molecular complexity index is 749. The van der Waals surface area contributed by atoms with Crippen molar-refractivity contribution in [3.8, 4) is 0 Å². The molecule has 2 aromatic rings. The summed E-state index contributed by atoms with van der Waals surface area (Å²) in [5.74, 6) is 0.508. The van der Waals surface area contributed by atoms with E-state index in [4.69, 9.17) is 0 Å². The number of nitrogens with zero attached hydrogens (tertiary/aromatic N) is 1. The van der Waals surface area contributed by atoms with Crippen LogP contribution < -0.4 is 5.32 Å². The summed E-state index contributed by atoms with van der Waals surface area (Å²) in [5, 5.41) is 3.02. The third kappa shape index (κ3) is 3.39. The molecule has 0 heterocycles. The molecule has 0 spiro atoms. The number of anilines is 1. The van der Waals surface area contributed by atoms with Gasteiger partial charge in [0.25, 0.3) is 0 Å². The Labute approximate surface area is 136 Å². The average Bonchev–Trinajstić information content (AvgIpc) is 3.38. The first-order chi connectivity index (χ1) is 11.2. The van der Waals surface area contributed by atoms with E-state index in [-0.39, 0.29) is 11.8 Å². The van der Waals surface area contributed by atoms with Crippen molar-refractivity contribution in [2.24, 2.45) is 10.9 Å². The van der Waals surface area contributed by atoms with Crippen molar-refractivity contribution >= 4 is 23.9 Å². The van der Waals surface area contributed by atoms with Crippen molar-refractivity contribution in [2.45, 2.75) is 12.3 Å². The fraction of sp³-hybridized carbons (Fsp3) is 0.200. The Balaban J connectivity index is 1.68. The summed E-state index contributed by atoms with van der Waals surface area (Å²) in [7, 11) is 1.74. The SMILES string of the molecule is C=Cc1cc(NC(=O)[C@@H]2C[C@H]2c2ccccc2)ccc1C=NC. The Morgan fingerprint density at radius 1 is 1.22 bits per heavy atom. The third-order valence-electron chi connectivity index (χ3n) is 4.20. The van der Waals surface area contributed by atoms with Crippen LogP contribution >= 0.6 is 0 Å². The average molecular weight is 304 g/mol. The highest BCUT2D eigenvalue weighted by atomic mass is 16.2. The van der Waals surface area contributed by atoms with E-state index in [0.29, 0.717) is 5.92 Å². The largest absolute Gasteiger partial charge is 0.326 e. The zero-order valence-corrected chi connectivity index (χ0v) is 13.2. The first kappa shape index (κ1) is 15.2. The number of rotatable bonds is 5. The number of amides is 1. The van der Waals surface area contributed by atoms with Crippen LogP contribution in [0.25, 0.3) is 6.08 Å². The van der Waals surface area contributed by atoms with Crippen molar-refractivity contribution in [3.05, 3.63) is 71.8 Å². The molecule has 116 valence electrons. The van der Waals surface area contributed by atoms with Crippen LogP contribution in [0.1, 0.15) is 29.0 Å². The van der Waals surface area contributed by atoms with Crippen molar-refractivity contribution in [2.75, 3.05) is 12.4 Å². The smallest absolute Gasteiger partial charge is 0.228 e. The molecule has 0 saturated heterocycles. The van der Waals surface area contributed by atoms with E-state index in [9.17, 15) is 4.79 Å². The maximum absolute atomic E-state index is 12.4. The highest BCUT2D eigenvalue weighted by Crippen LogP contribution is 2.47. The molecule has 3 nitrogen and oxygen atoms in total. The lowest BCUT2D eigenvalue weighted by molar-refractivity contribution is -0.117. The van der Waals surface area contributed by atoms with Gasteiger partial charge in [0.15, 0.2) is 0 Å². The lowest BCUT2D eigenvalue weighted by atomic mass is 10.1. The fourth-order valence-corrected chi connectivity index (χ4v) is 2.87.